The second-order valence-electron chi connectivity index (χ2n) is 3.86. The number of aromatic nitrogens is 2. The average molecular weight is 262 g/mol. The summed E-state index contributed by atoms with van der Waals surface area (Å²) < 4.78 is 19.3. The number of aliphatic hydroxyl groups is 2. The molecule has 4 atom stereocenters. The standard InChI is InChI=1S/C9H11FN2O6/c10-5-6(15)4(2-13)18-8(5)12-1-3(14)7(16)11-9(12)17/h1,4-6,8,13-15H,2H2,(H,11,16,17)/t4-,5+,6?,8-/m1/s1. The molecule has 2 heterocycles. The number of H-pyrrole nitrogens is 1. The largest absolute Gasteiger partial charge is 0.502 e. The van der Waals surface area contributed by atoms with Crippen LogP contribution in [-0.4, -0.2) is 49.9 Å². The number of aliphatic hydroxyl groups excluding tert-OH is 2. The van der Waals surface area contributed by atoms with Crippen LogP contribution in [0.5, 0.6) is 5.75 Å². The van der Waals surface area contributed by atoms with Gasteiger partial charge in [0.25, 0.3) is 5.56 Å². The lowest BCUT2D eigenvalue weighted by Crippen LogP contribution is -2.35. The van der Waals surface area contributed by atoms with Gasteiger partial charge in [-0.25, -0.2) is 9.18 Å². The molecule has 2 rings (SSSR count). The van der Waals surface area contributed by atoms with Gasteiger partial charge in [0.1, 0.15) is 12.2 Å². The van der Waals surface area contributed by atoms with E-state index in [-0.39, 0.29) is 0 Å². The van der Waals surface area contributed by atoms with Crippen LogP contribution in [0.3, 0.4) is 0 Å². The highest BCUT2D eigenvalue weighted by Gasteiger charge is 2.45. The molecule has 1 aromatic rings. The van der Waals surface area contributed by atoms with Gasteiger partial charge in [0.15, 0.2) is 18.1 Å². The number of nitrogens with one attached hydrogen (secondary N) is 1. The number of ether oxygens (including phenoxy) is 1. The van der Waals surface area contributed by atoms with Gasteiger partial charge in [0.2, 0.25) is 0 Å². The van der Waals surface area contributed by atoms with Crippen molar-refractivity contribution in [3.8, 4) is 5.75 Å². The van der Waals surface area contributed by atoms with Crippen molar-refractivity contribution >= 4 is 0 Å². The molecule has 1 unspecified atom stereocenters. The van der Waals surface area contributed by atoms with E-state index in [0.717, 1.165) is 0 Å². The number of halogens is 1. The molecule has 1 fully saturated rings. The van der Waals surface area contributed by atoms with E-state index in [0.29, 0.717) is 10.8 Å². The van der Waals surface area contributed by atoms with Crippen LogP contribution in [0, 0.1) is 0 Å². The smallest absolute Gasteiger partial charge is 0.330 e. The molecule has 0 aliphatic carbocycles. The molecule has 9 heteroatoms. The van der Waals surface area contributed by atoms with E-state index in [2.05, 4.69) is 0 Å². The summed E-state index contributed by atoms with van der Waals surface area (Å²) in [5, 5.41) is 27.4. The van der Waals surface area contributed by atoms with E-state index in [1.807, 2.05) is 0 Å². The Morgan fingerprint density at radius 3 is 2.72 bits per heavy atom. The van der Waals surface area contributed by atoms with Gasteiger partial charge < -0.3 is 20.1 Å². The van der Waals surface area contributed by atoms with Crippen LogP contribution >= 0.6 is 0 Å². The Bertz CT molecular complexity index is 555. The average Bonchev–Trinajstić information content (AvgIpc) is 2.61. The number of hydrogen-bond donors (Lipinski definition) is 4. The highest BCUT2D eigenvalue weighted by Crippen LogP contribution is 2.30. The lowest BCUT2D eigenvalue weighted by atomic mass is 10.1. The molecule has 0 amide bonds. The molecular formula is C9H11FN2O6. The van der Waals surface area contributed by atoms with Crippen LogP contribution in [0.1, 0.15) is 6.23 Å². The van der Waals surface area contributed by atoms with Gasteiger partial charge in [-0.3, -0.25) is 14.3 Å². The van der Waals surface area contributed by atoms with Crippen LogP contribution in [-0.2, 0) is 4.74 Å². The number of hydrogen-bond acceptors (Lipinski definition) is 6. The molecule has 0 bridgehead atoms. The maximum atomic E-state index is 13.7. The first-order valence-corrected chi connectivity index (χ1v) is 5.08. The number of nitrogens with zero attached hydrogens (tertiary/aromatic N) is 1. The summed E-state index contributed by atoms with van der Waals surface area (Å²) in [4.78, 5) is 24.1. The lowest BCUT2D eigenvalue weighted by Gasteiger charge is -2.15. The van der Waals surface area contributed by atoms with Crippen LogP contribution in [0.25, 0.3) is 0 Å². The van der Waals surface area contributed by atoms with Crippen LogP contribution in [0.2, 0.25) is 0 Å². The van der Waals surface area contributed by atoms with Gasteiger partial charge >= 0.3 is 5.69 Å². The first kappa shape index (κ1) is 12.7. The lowest BCUT2D eigenvalue weighted by molar-refractivity contribution is -0.0493. The molecule has 0 spiro atoms. The molecule has 1 saturated heterocycles. The number of rotatable bonds is 2. The highest BCUT2D eigenvalue weighted by molar-refractivity contribution is 5.10. The van der Waals surface area contributed by atoms with Gasteiger partial charge in [-0.2, -0.15) is 0 Å². The fourth-order valence-corrected chi connectivity index (χ4v) is 1.74. The summed E-state index contributed by atoms with van der Waals surface area (Å²) in [5.41, 5.74) is -2.00. The van der Waals surface area contributed by atoms with E-state index in [4.69, 9.17) is 14.9 Å². The quantitative estimate of drug-likeness (QED) is 0.481. The van der Waals surface area contributed by atoms with Gasteiger partial charge in [-0.1, -0.05) is 0 Å². The summed E-state index contributed by atoms with van der Waals surface area (Å²) in [7, 11) is 0. The molecule has 1 aromatic heterocycles. The van der Waals surface area contributed by atoms with Crippen LogP contribution in [0.4, 0.5) is 4.39 Å². The Morgan fingerprint density at radius 1 is 1.50 bits per heavy atom. The third-order valence-corrected chi connectivity index (χ3v) is 2.70. The zero-order chi connectivity index (χ0) is 13.4. The molecule has 4 N–H and O–H groups in total. The summed E-state index contributed by atoms with van der Waals surface area (Å²) in [6.07, 6.45) is -5.55. The van der Waals surface area contributed by atoms with Crippen molar-refractivity contribution in [3.05, 3.63) is 27.0 Å². The second-order valence-corrected chi connectivity index (χ2v) is 3.86. The van der Waals surface area contributed by atoms with Crippen LogP contribution in [0.15, 0.2) is 15.8 Å². The normalized spacial score (nSPS) is 31.7. The summed E-state index contributed by atoms with van der Waals surface area (Å²) >= 11 is 0. The third-order valence-electron chi connectivity index (χ3n) is 2.70. The first-order chi connectivity index (χ1) is 8.45. The van der Waals surface area contributed by atoms with Crippen molar-refractivity contribution in [2.24, 2.45) is 0 Å². The predicted molar refractivity (Wildman–Crippen MR) is 54.9 cm³/mol. The van der Waals surface area contributed by atoms with Crippen molar-refractivity contribution in [3.63, 3.8) is 0 Å². The zero-order valence-corrected chi connectivity index (χ0v) is 8.99. The van der Waals surface area contributed by atoms with E-state index < -0.39 is 48.2 Å². The van der Waals surface area contributed by atoms with Gasteiger partial charge in [0, 0.05) is 0 Å². The van der Waals surface area contributed by atoms with E-state index in [1.165, 1.54) is 0 Å². The number of alkyl halides is 1. The number of aromatic hydroxyl groups is 1. The molecule has 100 valence electrons. The maximum absolute atomic E-state index is 13.7. The second kappa shape index (κ2) is 4.52. The Hall–Kier alpha value is -1.71. The summed E-state index contributed by atoms with van der Waals surface area (Å²) in [6, 6.07) is 0. The topological polar surface area (TPSA) is 125 Å². The van der Waals surface area contributed by atoms with E-state index in [9.17, 15) is 19.1 Å². The maximum Gasteiger partial charge on any atom is 0.330 e. The van der Waals surface area contributed by atoms with Crippen molar-refractivity contribution in [2.75, 3.05) is 6.61 Å². The van der Waals surface area contributed by atoms with E-state index in [1.54, 1.807) is 4.98 Å². The van der Waals surface area contributed by atoms with Gasteiger partial charge in [0.05, 0.1) is 12.8 Å². The molecule has 18 heavy (non-hydrogen) atoms. The van der Waals surface area contributed by atoms with Gasteiger partial charge in [-0.05, 0) is 0 Å². The van der Waals surface area contributed by atoms with Crippen LogP contribution < -0.4 is 11.2 Å². The minimum atomic E-state index is -1.97. The molecule has 0 saturated carbocycles. The van der Waals surface area contributed by atoms with Gasteiger partial charge in [-0.15, -0.1) is 0 Å². The molecule has 8 nitrogen and oxygen atoms in total. The molecule has 0 radical (unpaired) electrons. The van der Waals surface area contributed by atoms with Crippen molar-refractivity contribution in [1.82, 2.24) is 9.55 Å². The fourth-order valence-electron chi connectivity index (χ4n) is 1.74. The first-order valence-electron chi connectivity index (χ1n) is 5.08. The SMILES string of the molecule is O=c1[nH]c(=O)n([C@@H]2O[C@H](CO)C(O)[C@@H]2F)cc1O. The summed E-state index contributed by atoms with van der Waals surface area (Å²) in [6.45, 7) is -0.623. The van der Waals surface area contributed by atoms with Crippen molar-refractivity contribution < 1.29 is 24.4 Å². The monoisotopic (exact) mass is 262 g/mol. The third kappa shape index (κ3) is 1.92. The molecule has 1 aliphatic heterocycles. The Labute approximate surface area is 98.9 Å². The fraction of sp³-hybridized carbons (Fsp3) is 0.556. The highest BCUT2D eigenvalue weighted by atomic mass is 19.1. The Balaban J connectivity index is 2.42. The van der Waals surface area contributed by atoms with E-state index >= 15 is 0 Å². The predicted octanol–water partition coefficient (Wildman–Crippen LogP) is -2.17. The zero-order valence-electron chi connectivity index (χ0n) is 8.99. The molecule has 1 aliphatic rings. The number of aromatic amines is 1. The molecular weight excluding hydrogens is 251 g/mol. The minimum absolute atomic E-state index is 0.611. The Kier molecular flexibility index (Phi) is 3.20. The minimum Gasteiger partial charge on any atom is -0.502 e. The van der Waals surface area contributed by atoms with Crippen molar-refractivity contribution in [1.29, 1.82) is 0 Å². The van der Waals surface area contributed by atoms with Crippen molar-refractivity contribution in [2.45, 2.75) is 24.6 Å². The summed E-state index contributed by atoms with van der Waals surface area (Å²) in [5.74, 6) is -0.785. The molecule has 0 aromatic carbocycles. The Morgan fingerprint density at radius 2 is 2.17 bits per heavy atom.